The molecule has 0 atom stereocenters. The van der Waals surface area contributed by atoms with Crippen molar-refractivity contribution in [3.8, 4) is 0 Å². The third-order valence-corrected chi connectivity index (χ3v) is 3.05. The molecule has 0 unspecified atom stereocenters. The van der Waals surface area contributed by atoms with Crippen molar-refractivity contribution in [2.45, 2.75) is 6.61 Å². The number of esters is 1. The van der Waals surface area contributed by atoms with E-state index in [1.807, 2.05) is 30.3 Å². The van der Waals surface area contributed by atoms with Gasteiger partial charge in [0.05, 0.1) is 5.70 Å². The van der Waals surface area contributed by atoms with Gasteiger partial charge in [0.1, 0.15) is 12.3 Å². The average Bonchev–Trinajstić information content (AvgIpc) is 2.56. The van der Waals surface area contributed by atoms with Gasteiger partial charge in [-0.2, -0.15) is 0 Å². The lowest BCUT2D eigenvalue weighted by Gasteiger charge is -2.12. The molecule has 6 nitrogen and oxygen atoms in total. The van der Waals surface area contributed by atoms with Gasteiger partial charge >= 0.3 is 5.97 Å². The molecule has 0 aromatic heterocycles. The van der Waals surface area contributed by atoms with E-state index in [1.54, 1.807) is 24.3 Å². The summed E-state index contributed by atoms with van der Waals surface area (Å²) in [6.07, 6.45) is 0. The van der Waals surface area contributed by atoms with Gasteiger partial charge in [0.25, 0.3) is 0 Å². The van der Waals surface area contributed by atoms with Crippen LogP contribution in [0.25, 0.3) is 5.70 Å². The number of nitrogens with one attached hydrogen (secondary N) is 1. The first kappa shape index (κ1) is 15.4. The molecule has 0 spiro atoms. The van der Waals surface area contributed by atoms with Gasteiger partial charge in [0.15, 0.2) is 0 Å². The van der Waals surface area contributed by atoms with E-state index in [9.17, 15) is 4.79 Å². The van der Waals surface area contributed by atoms with E-state index in [1.165, 1.54) is 0 Å². The number of anilines is 1. The summed E-state index contributed by atoms with van der Waals surface area (Å²) in [5.41, 5.74) is 16.2. The van der Waals surface area contributed by atoms with Crippen molar-refractivity contribution in [3.63, 3.8) is 0 Å². The number of benzene rings is 2. The first-order valence-electron chi connectivity index (χ1n) is 6.65. The molecule has 2 aromatic rings. The zero-order valence-electron chi connectivity index (χ0n) is 12.0. The molecule has 7 N–H and O–H groups in total. The van der Waals surface area contributed by atoms with Crippen molar-refractivity contribution in [1.82, 2.24) is 5.43 Å². The quantitative estimate of drug-likeness (QED) is 0.216. The Labute approximate surface area is 128 Å². The Morgan fingerprint density at radius 1 is 1.05 bits per heavy atom. The maximum Gasteiger partial charge on any atom is 0.356 e. The maximum absolute atomic E-state index is 12.0. The highest BCUT2D eigenvalue weighted by molar-refractivity contribution is 5.96. The number of carbonyl (C=O) groups is 1. The van der Waals surface area contributed by atoms with E-state index >= 15 is 0 Å². The lowest BCUT2D eigenvalue weighted by atomic mass is 10.1. The van der Waals surface area contributed by atoms with Crippen LogP contribution in [0.1, 0.15) is 11.1 Å². The summed E-state index contributed by atoms with van der Waals surface area (Å²) in [5.74, 6) is 4.82. The molecular formula is C16H18N4O2. The van der Waals surface area contributed by atoms with Crippen LogP contribution < -0.4 is 22.7 Å². The van der Waals surface area contributed by atoms with Crippen molar-refractivity contribution < 1.29 is 9.53 Å². The average molecular weight is 298 g/mol. The number of hydrogen-bond acceptors (Lipinski definition) is 6. The lowest BCUT2D eigenvalue weighted by molar-refractivity contribution is -0.140. The van der Waals surface area contributed by atoms with Crippen LogP contribution in [0, 0.1) is 0 Å². The Balaban J connectivity index is 2.13. The molecule has 0 saturated heterocycles. The Hall–Kier alpha value is -2.99. The summed E-state index contributed by atoms with van der Waals surface area (Å²) >= 11 is 0. The molecule has 0 heterocycles. The van der Waals surface area contributed by atoms with E-state index in [0.717, 1.165) is 5.56 Å². The molecule has 0 aliphatic carbocycles. The summed E-state index contributed by atoms with van der Waals surface area (Å²) in [4.78, 5) is 12.0. The Bertz CT molecular complexity index is 666. The van der Waals surface area contributed by atoms with Crippen LogP contribution in [0.3, 0.4) is 0 Å². The normalized spacial score (nSPS) is 11.5. The Morgan fingerprint density at radius 3 is 2.27 bits per heavy atom. The van der Waals surface area contributed by atoms with Crippen LogP contribution in [0.2, 0.25) is 0 Å². The molecule has 0 aliphatic rings. The van der Waals surface area contributed by atoms with Crippen molar-refractivity contribution in [2.24, 2.45) is 11.6 Å². The van der Waals surface area contributed by atoms with Crippen LogP contribution >= 0.6 is 0 Å². The summed E-state index contributed by atoms with van der Waals surface area (Å²) in [7, 11) is 0. The third-order valence-electron chi connectivity index (χ3n) is 3.05. The number of hydrazine groups is 1. The van der Waals surface area contributed by atoms with Gasteiger partial charge in [-0.25, -0.2) is 4.79 Å². The summed E-state index contributed by atoms with van der Waals surface area (Å²) < 4.78 is 5.18. The summed E-state index contributed by atoms with van der Waals surface area (Å²) in [6, 6.07) is 16.1. The van der Waals surface area contributed by atoms with Gasteiger partial charge in [-0.3, -0.25) is 5.84 Å². The smallest absolute Gasteiger partial charge is 0.356 e. The van der Waals surface area contributed by atoms with Gasteiger partial charge in [-0.1, -0.05) is 42.5 Å². The second-order valence-corrected chi connectivity index (χ2v) is 4.62. The molecule has 0 bridgehead atoms. The molecule has 2 aromatic carbocycles. The molecule has 2 rings (SSSR count). The highest BCUT2D eigenvalue weighted by Gasteiger charge is 2.14. The van der Waals surface area contributed by atoms with Crippen molar-refractivity contribution >= 4 is 17.4 Å². The topological polar surface area (TPSA) is 116 Å². The Morgan fingerprint density at radius 2 is 1.68 bits per heavy atom. The van der Waals surface area contributed by atoms with E-state index in [0.29, 0.717) is 11.3 Å². The minimum Gasteiger partial charge on any atom is -0.456 e. The number of nitrogens with two attached hydrogens (primary N) is 3. The molecular weight excluding hydrogens is 280 g/mol. The van der Waals surface area contributed by atoms with Crippen molar-refractivity contribution in [2.75, 3.05) is 5.73 Å². The molecule has 0 saturated carbocycles. The molecule has 0 amide bonds. The van der Waals surface area contributed by atoms with Gasteiger partial charge in [-0.05, 0) is 17.7 Å². The van der Waals surface area contributed by atoms with E-state index in [2.05, 4.69) is 5.43 Å². The lowest BCUT2D eigenvalue weighted by Crippen LogP contribution is -2.27. The molecule has 0 aliphatic heterocycles. The summed E-state index contributed by atoms with van der Waals surface area (Å²) in [5, 5.41) is 0. The number of hydrogen-bond donors (Lipinski definition) is 4. The van der Waals surface area contributed by atoms with Crippen LogP contribution in [-0.4, -0.2) is 5.97 Å². The second-order valence-electron chi connectivity index (χ2n) is 4.62. The second kappa shape index (κ2) is 7.14. The number of rotatable bonds is 5. The predicted octanol–water partition coefficient (Wildman–Crippen LogP) is 1.10. The van der Waals surface area contributed by atoms with Gasteiger partial charge < -0.3 is 21.6 Å². The molecule has 114 valence electrons. The fourth-order valence-electron chi connectivity index (χ4n) is 1.87. The first-order chi connectivity index (χ1) is 10.6. The zero-order chi connectivity index (χ0) is 15.9. The highest BCUT2D eigenvalue weighted by atomic mass is 16.5. The van der Waals surface area contributed by atoms with Gasteiger partial charge in [0, 0.05) is 11.3 Å². The zero-order valence-corrected chi connectivity index (χ0v) is 12.0. The van der Waals surface area contributed by atoms with Crippen LogP contribution in [0.4, 0.5) is 5.69 Å². The van der Waals surface area contributed by atoms with E-state index in [4.69, 9.17) is 22.0 Å². The number of nitrogen functional groups attached to an aromatic ring is 1. The number of carbonyl (C=O) groups excluding carboxylic acids is 1. The highest BCUT2D eigenvalue weighted by Crippen LogP contribution is 2.16. The van der Waals surface area contributed by atoms with E-state index < -0.39 is 5.97 Å². The van der Waals surface area contributed by atoms with Crippen molar-refractivity contribution in [3.05, 3.63) is 71.4 Å². The van der Waals surface area contributed by atoms with Gasteiger partial charge in [-0.15, -0.1) is 0 Å². The number of ether oxygens (including phenoxy) is 1. The molecule has 0 radical (unpaired) electrons. The van der Waals surface area contributed by atoms with Gasteiger partial charge in [0.2, 0.25) is 0 Å². The largest absolute Gasteiger partial charge is 0.456 e. The van der Waals surface area contributed by atoms with E-state index in [-0.39, 0.29) is 18.0 Å². The fraction of sp³-hybridized carbons (Fsp3) is 0.0625. The van der Waals surface area contributed by atoms with Crippen molar-refractivity contribution in [1.29, 1.82) is 0 Å². The monoisotopic (exact) mass is 298 g/mol. The van der Waals surface area contributed by atoms with Crippen LogP contribution in [0.5, 0.6) is 0 Å². The van der Waals surface area contributed by atoms with Crippen LogP contribution in [0.15, 0.2) is 60.3 Å². The predicted molar refractivity (Wildman–Crippen MR) is 85.5 cm³/mol. The minimum atomic E-state index is -0.645. The van der Waals surface area contributed by atoms with Crippen LogP contribution in [-0.2, 0) is 16.1 Å². The molecule has 6 heteroatoms. The SMILES string of the molecule is NN/C(=C(\N)C(=O)OCc1ccccc1)c1ccc(N)cc1. The standard InChI is InChI=1S/C16H18N4O2/c17-13-8-6-12(7-9-13)15(20-19)14(18)16(21)22-10-11-4-2-1-3-5-11/h1-9,20H,10,17-19H2/b15-14-. The Kier molecular flexibility index (Phi) is 5.00. The fourth-order valence-corrected chi connectivity index (χ4v) is 1.87. The molecule has 0 fully saturated rings. The first-order valence-corrected chi connectivity index (χ1v) is 6.65. The molecule has 22 heavy (non-hydrogen) atoms. The minimum absolute atomic E-state index is 0.0943. The maximum atomic E-state index is 12.0. The third kappa shape index (κ3) is 3.77. The summed E-state index contributed by atoms with van der Waals surface area (Å²) in [6.45, 7) is 0.139.